The zero-order valence-electron chi connectivity index (χ0n) is 11.2. The monoisotopic (exact) mass is 243 g/mol. The summed E-state index contributed by atoms with van der Waals surface area (Å²) in [5, 5.41) is 6.67. The van der Waals surface area contributed by atoms with E-state index >= 15 is 0 Å². The van der Waals surface area contributed by atoms with Gasteiger partial charge < -0.3 is 20.3 Å². The van der Waals surface area contributed by atoms with Crippen molar-refractivity contribution in [2.75, 3.05) is 46.9 Å². The maximum absolute atomic E-state index is 12.1. The van der Waals surface area contributed by atoms with E-state index in [0.717, 1.165) is 39.0 Å². The molecular weight excluding hydrogens is 218 g/mol. The molecule has 1 rings (SSSR count). The molecule has 17 heavy (non-hydrogen) atoms. The number of piperidine rings is 1. The number of ether oxygens (including phenoxy) is 1. The van der Waals surface area contributed by atoms with Gasteiger partial charge in [0.2, 0.25) is 0 Å². The number of rotatable bonds is 6. The fourth-order valence-corrected chi connectivity index (χ4v) is 2.09. The second-order valence-electron chi connectivity index (χ2n) is 4.78. The summed E-state index contributed by atoms with van der Waals surface area (Å²) in [5.74, 6) is -0.0970. The first-order valence-electron chi connectivity index (χ1n) is 6.38. The minimum Gasteiger partial charge on any atom is -0.465 e. The van der Waals surface area contributed by atoms with Crippen molar-refractivity contribution in [1.29, 1.82) is 0 Å². The van der Waals surface area contributed by atoms with Crippen molar-refractivity contribution in [1.82, 2.24) is 15.5 Å². The van der Waals surface area contributed by atoms with Crippen LogP contribution in [0.15, 0.2) is 0 Å². The predicted molar refractivity (Wildman–Crippen MR) is 68.0 cm³/mol. The summed E-state index contributed by atoms with van der Waals surface area (Å²) >= 11 is 0. The largest absolute Gasteiger partial charge is 0.465 e. The maximum Gasteiger partial charge on any atom is 0.326 e. The molecule has 100 valence electrons. The van der Waals surface area contributed by atoms with Gasteiger partial charge in [-0.05, 0) is 47.0 Å². The van der Waals surface area contributed by atoms with Gasteiger partial charge in [0.1, 0.15) is 5.54 Å². The number of carbonyl (C=O) groups excluding carboxylic acids is 1. The summed E-state index contributed by atoms with van der Waals surface area (Å²) in [5.41, 5.74) is -0.475. The van der Waals surface area contributed by atoms with Gasteiger partial charge in [-0.25, -0.2) is 0 Å². The van der Waals surface area contributed by atoms with E-state index in [9.17, 15) is 4.79 Å². The normalized spacial score (nSPS) is 19.3. The lowest BCUT2D eigenvalue weighted by molar-refractivity contribution is -0.152. The summed E-state index contributed by atoms with van der Waals surface area (Å²) in [6.45, 7) is 5.78. The van der Waals surface area contributed by atoms with Crippen molar-refractivity contribution in [3.63, 3.8) is 0 Å². The Kier molecular flexibility index (Phi) is 5.88. The highest BCUT2D eigenvalue weighted by molar-refractivity contribution is 5.81. The number of hydrogen-bond acceptors (Lipinski definition) is 5. The average molecular weight is 243 g/mol. The Morgan fingerprint density at radius 1 is 1.41 bits per heavy atom. The Balaban J connectivity index is 2.55. The molecule has 1 fully saturated rings. The molecule has 1 saturated heterocycles. The van der Waals surface area contributed by atoms with Crippen LogP contribution in [0, 0.1) is 0 Å². The second kappa shape index (κ2) is 6.93. The van der Waals surface area contributed by atoms with Crippen molar-refractivity contribution < 1.29 is 9.53 Å². The summed E-state index contributed by atoms with van der Waals surface area (Å²) in [4.78, 5) is 14.2. The molecule has 2 N–H and O–H groups in total. The Labute approximate surface area is 104 Å². The standard InChI is InChI=1S/C12H25N3O2/c1-4-17-11(16)12(5-7-13-8-6-12)14-9-10-15(2)3/h13-14H,4-10H2,1-3H3. The summed E-state index contributed by atoms with van der Waals surface area (Å²) in [6, 6.07) is 0. The lowest BCUT2D eigenvalue weighted by Crippen LogP contribution is -2.59. The van der Waals surface area contributed by atoms with E-state index in [1.807, 2.05) is 21.0 Å². The molecular formula is C12H25N3O2. The molecule has 0 atom stereocenters. The van der Waals surface area contributed by atoms with Crippen LogP contribution >= 0.6 is 0 Å². The summed E-state index contributed by atoms with van der Waals surface area (Å²) in [7, 11) is 4.06. The van der Waals surface area contributed by atoms with E-state index in [1.165, 1.54) is 0 Å². The summed E-state index contributed by atoms with van der Waals surface area (Å²) in [6.07, 6.45) is 1.61. The lowest BCUT2D eigenvalue weighted by Gasteiger charge is -2.36. The highest BCUT2D eigenvalue weighted by Crippen LogP contribution is 2.20. The van der Waals surface area contributed by atoms with Crippen LogP contribution in [0.3, 0.4) is 0 Å². The van der Waals surface area contributed by atoms with Gasteiger partial charge in [0, 0.05) is 13.1 Å². The van der Waals surface area contributed by atoms with E-state index in [0.29, 0.717) is 6.61 Å². The van der Waals surface area contributed by atoms with Crippen molar-refractivity contribution in [2.24, 2.45) is 0 Å². The zero-order chi connectivity index (χ0) is 12.7. The van der Waals surface area contributed by atoms with E-state index in [4.69, 9.17) is 4.74 Å². The fourth-order valence-electron chi connectivity index (χ4n) is 2.09. The molecule has 0 aromatic carbocycles. The highest BCUT2D eigenvalue weighted by atomic mass is 16.5. The highest BCUT2D eigenvalue weighted by Gasteiger charge is 2.40. The van der Waals surface area contributed by atoms with Gasteiger partial charge in [-0.1, -0.05) is 0 Å². The third-order valence-corrected chi connectivity index (χ3v) is 3.15. The third-order valence-electron chi connectivity index (χ3n) is 3.15. The van der Waals surface area contributed by atoms with Gasteiger partial charge >= 0.3 is 5.97 Å². The minimum absolute atomic E-state index is 0.0970. The van der Waals surface area contributed by atoms with Gasteiger partial charge in [0.05, 0.1) is 6.61 Å². The van der Waals surface area contributed by atoms with Crippen molar-refractivity contribution in [2.45, 2.75) is 25.3 Å². The predicted octanol–water partition coefficient (Wildman–Crippen LogP) is -0.177. The van der Waals surface area contributed by atoms with Gasteiger partial charge in [0.25, 0.3) is 0 Å². The molecule has 0 bridgehead atoms. The third kappa shape index (κ3) is 4.26. The Morgan fingerprint density at radius 2 is 2.06 bits per heavy atom. The number of esters is 1. The zero-order valence-corrected chi connectivity index (χ0v) is 11.2. The molecule has 1 aliphatic rings. The molecule has 1 heterocycles. The molecule has 0 unspecified atom stereocenters. The Bertz CT molecular complexity index is 238. The SMILES string of the molecule is CCOC(=O)C1(NCCN(C)C)CCNCC1. The molecule has 5 nitrogen and oxygen atoms in total. The maximum atomic E-state index is 12.1. The first-order chi connectivity index (χ1) is 8.10. The number of nitrogens with zero attached hydrogens (tertiary/aromatic N) is 1. The van der Waals surface area contributed by atoms with E-state index in [1.54, 1.807) is 0 Å². The lowest BCUT2D eigenvalue weighted by atomic mass is 9.88. The van der Waals surface area contributed by atoms with E-state index in [2.05, 4.69) is 15.5 Å². The molecule has 0 spiro atoms. The topological polar surface area (TPSA) is 53.6 Å². The quantitative estimate of drug-likeness (QED) is 0.634. The number of carbonyl (C=O) groups is 1. The van der Waals surface area contributed by atoms with Gasteiger partial charge in [-0.2, -0.15) is 0 Å². The van der Waals surface area contributed by atoms with Crippen LogP contribution in [-0.4, -0.2) is 63.3 Å². The molecule has 0 amide bonds. The van der Waals surface area contributed by atoms with Crippen LogP contribution < -0.4 is 10.6 Å². The first kappa shape index (κ1) is 14.4. The smallest absolute Gasteiger partial charge is 0.326 e. The molecule has 0 saturated carbocycles. The van der Waals surface area contributed by atoms with Gasteiger partial charge in [-0.15, -0.1) is 0 Å². The molecule has 0 radical (unpaired) electrons. The Morgan fingerprint density at radius 3 is 2.59 bits per heavy atom. The fraction of sp³-hybridized carbons (Fsp3) is 0.917. The number of likely N-dealkylation sites (N-methyl/N-ethyl adjacent to an activating group) is 1. The average Bonchev–Trinajstić information content (AvgIpc) is 2.30. The molecule has 5 heteroatoms. The molecule has 0 aromatic heterocycles. The van der Waals surface area contributed by atoms with Crippen LogP contribution in [0.1, 0.15) is 19.8 Å². The summed E-state index contributed by atoms with van der Waals surface area (Å²) < 4.78 is 5.20. The van der Waals surface area contributed by atoms with E-state index < -0.39 is 5.54 Å². The first-order valence-corrected chi connectivity index (χ1v) is 6.38. The molecule has 0 aliphatic carbocycles. The van der Waals surface area contributed by atoms with Crippen LogP contribution in [0.2, 0.25) is 0 Å². The molecule has 1 aliphatic heterocycles. The van der Waals surface area contributed by atoms with Crippen LogP contribution in [0.4, 0.5) is 0 Å². The van der Waals surface area contributed by atoms with E-state index in [-0.39, 0.29) is 5.97 Å². The number of hydrogen-bond donors (Lipinski definition) is 2. The molecule has 0 aromatic rings. The Hall–Kier alpha value is -0.650. The van der Waals surface area contributed by atoms with Crippen molar-refractivity contribution in [3.05, 3.63) is 0 Å². The minimum atomic E-state index is -0.475. The van der Waals surface area contributed by atoms with Crippen LogP contribution in [0.5, 0.6) is 0 Å². The van der Waals surface area contributed by atoms with Crippen molar-refractivity contribution >= 4 is 5.97 Å². The second-order valence-corrected chi connectivity index (χ2v) is 4.78. The van der Waals surface area contributed by atoms with Gasteiger partial charge in [-0.3, -0.25) is 4.79 Å². The van der Waals surface area contributed by atoms with Crippen LogP contribution in [0.25, 0.3) is 0 Å². The number of nitrogens with one attached hydrogen (secondary N) is 2. The van der Waals surface area contributed by atoms with Crippen molar-refractivity contribution in [3.8, 4) is 0 Å². The van der Waals surface area contributed by atoms with Gasteiger partial charge in [0.15, 0.2) is 0 Å². The van der Waals surface area contributed by atoms with Crippen LogP contribution in [-0.2, 0) is 9.53 Å².